The minimum atomic E-state index is -0.453. The summed E-state index contributed by atoms with van der Waals surface area (Å²) in [5, 5.41) is 2.78. The van der Waals surface area contributed by atoms with Gasteiger partial charge in [-0.15, -0.1) is 0 Å². The van der Waals surface area contributed by atoms with E-state index in [0.717, 1.165) is 4.47 Å². The van der Waals surface area contributed by atoms with E-state index in [1.807, 2.05) is 58.9 Å². The molecule has 114 valence electrons. The van der Waals surface area contributed by atoms with Crippen molar-refractivity contribution < 1.29 is 9.53 Å². The summed E-state index contributed by atoms with van der Waals surface area (Å²) in [6.45, 7) is 12.2. The van der Waals surface area contributed by atoms with Gasteiger partial charge in [0.2, 0.25) is 0 Å². The highest BCUT2D eigenvalue weighted by atomic mass is 79.9. The molecule has 0 aromatic heterocycles. The summed E-state index contributed by atoms with van der Waals surface area (Å²) in [5.41, 5.74) is 0.736. The standard InChI is InChI=1S/C14H20BrNO2.C2H6/c1-10(11-5-7-12(15)8-6-11)9-16-13(17)18-14(2,3)4;1-2/h5-8,10H,9H2,1-4H3,(H,16,17);1-2H3. The molecule has 0 bridgehead atoms. The number of benzene rings is 1. The Morgan fingerprint density at radius 3 is 2.20 bits per heavy atom. The largest absolute Gasteiger partial charge is 0.444 e. The molecule has 0 saturated heterocycles. The van der Waals surface area contributed by atoms with Gasteiger partial charge in [-0.25, -0.2) is 4.79 Å². The number of ether oxygens (including phenoxy) is 1. The van der Waals surface area contributed by atoms with Crippen LogP contribution in [0.3, 0.4) is 0 Å². The van der Waals surface area contributed by atoms with E-state index < -0.39 is 5.60 Å². The molecule has 0 fully saturated rings. The summed E-state index contributed by atoms with van der Waals surface area (Å²) < 4.78 is 6.24. The highest BCUT2D eigenvalue weighted by molar-refractivity contribution is 9.10. The number of alkyl carbamates (subject to hydrolysis) is 1. The van der Waals surface area contributed by atoms with Crippen LogP contribution in [0.4, 0.5) is 4.79 Å². The zero-order chi connectivity index (χ0) is 15.8. The van der Waals surface area contributed by atoms with Crippen LogP contribution < -0.4 is 5.32 Å². The topological polar surface area (TPSA) is 38.3 Å². The van der Waals surface area contributed by atoms with E-state index in [1.54, 1.807) is 0 Å². The van der Waals surface area contributed by atoms with Crippen molar-refractivity contribution in [3.8, 4) is 0 Å². The summed E-state index contributed by atoms with van der Waals surface area (Å²) in [4.78, 5) is 11.5. The van der Waals surface area contributed by atoms with Crippen molar-refractivity contribution in [2.75, 3.05) is 6.54 Å². The second-order valence-electron chi connectivity index (χ2n) is 5.34. The smallest absolute Gasteiger partial charge is 0.407 e. The number of nitrogens with one attached hydrogen (secondary N) is 1. The molecule has 1 rings (SSSR count). The van der Waals surface area contributed by atoms with Crippen molar-refractivity contribution in [2.24, 2.45) is 0 Å². The van der Waals surface area contributed by atoms with Crippen molar-refractivity contribution in [1.82, 2.24) is 5.32 Å². The van der Waals surface area contributed by atoms with Gasteiger partial charge in [-0.3, -0.25) is 0 Å². The van der Waals surface area contributed by atoms with Crippen LogP contribution in [0.25, 0.3) is 0 Å². The number of halogens is 1. The maximum Gasteiger partial charge on any atom is 0.407 e. The van der Waals surface area contributed by atoms with Gasteiger partial charge >= 0.3 is 6.09 Å². The van der Waals surface area contributed by atoms with Crippen LogP contribution >= 0.6 is 15.9 Å². The van der Waals surface area contributed by atoms with Gasteiger partial charge in [0.1, 0.15) is 5.60 Å². The van der Waals surface area contributed by atoms with Crippen LogP contribution in [-0.2, 0) is 4.74 Å². The van der Waals surface area contributed by atoms with Crippen molar-refractivity contribution in [3.05, 3.63) is 34.3 Å². The van der Waals surface area contributed by atoms with Gasteiger partial charge in [-0.2, -0.15) is 0 Å². The van der Waals surface area contributed by atoms with Crippen molar-refractivity contribution in [1.29, 1.82) is 0 Å². The molecule has 1 N–H and O–H groups in total. The third-order valence-corrected chi connectivity index (χ3v) is 2.92. The van der Waals surface area contributed by atoms with Gasteiger partial charge in [0, 0.05) is 11.0 Å². The molecular weight excluding hydrogens is 318 g/mol. The highest BCUT2D eigenvalue weighted by Crippen LogP contribution is 2.17. The predicted octanol–water partition coefficient (Wildman–Crippen LogP) is 5.10. The lowest BCUT2D eigenvalue weighted by Crippen LogP contribution is -2.34. The number of rotatable bonds is 3. The summed E-state index contributed by atoms with van der Waals surface area (Å²) in [6, 6.07) is 8.09. The molecule has 0 aliphatic heterocycles. The third-order valence-electron chi connectivity index (χ3n) is 2.39. The fraction of sp³-hybridized carbons (Fsp3) is 0.562. The Hall–Kier alpha value is -1.03. The monoisotopic (exact) mass is 343 g/mol. The molecule has 0 spiro atoms. The summed E-state index contributed by atoms with van der Waals surface area (Å²) >= 11 is 3.40. The molecule has 3 nitrogen and oxygen atoms in total. The number of carbonyl (C=O) groups excluding carboxylic acids is 1. The second kappa shape index (κ2) is 9.01. The Labute approximate surface area is 131 Å². The lowest BCUT2D eigenvalue weighted by molar-refractivity contribution is 0.0525. The minimum Gasteiger partial charge on any atom is -0.444 e. The minimum absolute atomic E-state index is 0.255. The Balaban J connectivity index is 0.00000172. The molecule has 1 atom stereocenters. The maximum atomic E-state index is 11.5. The number of carbonyl (C=O) groups is 1. The lowest BCUT2D eigenvalue weighted by Gasteiger charge is -2.21. The van der Waals surface area contributed by atoms with Crippen LogP contribution in [0.15, 0.2) is 28.7 Å². The number of hydrogen-bond donors (Lipinski definition) is 1. The van der Waals surface area contributed by atoms with Crippen LogP contribution in [0.2, 0.25) is 0 Å². The average Bonchev–Trinajstić information content (AvgIpc) is 2.37. The molecule has 0 aliphatic carbocycles. The van der Waals surface area contributed by atoms with Gasteiger partial charge in [-0.05, 0) is 44.4 Å². The third kappa shape index (κ3) is 8.20. The number of hydrogen-bond acceptors (Lipinski definition) is 2. The van der Waals surface area contributed by atoms with Crippen LogP contribution in [-0.4, -0.2) is 18.2 Å². The zero-order valence-electron chi connectivity index (χ0n) is 13.3. The molecule has 0 radical (unpaired) electrons. The fourth-order valence-corrected chi connectivity index (χ4v) is 1.72. The van der Waals surface area contributed by atoms with Gasteiger partial charge in [0.15, 0.2) is 0 Å². The van der Waals surface area contributed by atoms with E-state index in [4.69, 9.17) is 4.74 Å². The quantitative estimate of drug-likeness (QED) is 0.828. The Morgan fingerprint density at radius 2 is 1.75 bits per heavy atom. The van der Waals surface area contributed by atoms with Crippen molar-refractivity contribution in [3.63, 3.8) is 0 Å². The molecule has 1 aromatic rings. The van der Waals surface area contributed by atoms with Crippen molar-refractivity contribution in [2.45, 2.75) is 53.1 Å². The molecule has 0 heterocycles. The first kappa shape index (κ1) is 19.0. The molecule has 20 heavy (non-hydrogen) atoms. The molecule has 1 aromatic carbocycles. The first-order chi connectivity index (χ1) is 9.28. The van der Waals surface area contributed by atoms with Gasteiger partial charge < -0.3 is 10.1 Å². The van der Waals surface area contributed by atoms with Crippen LogP contribution in [0.5, 0.6) is 0 Å². The Kier molecular flexibility index (Phi) is 8.54. The van der Waals surface area contributed by atoms with Crippen LogP contribution in [0.1, 0.15) is 53.0 Å². The van der Waals surface area contributed by atoms with E-state index >= 15 is 0 Å². The first-order valence-corrected chi connectivity index (χ1v) is 7.79. The fourth-order valence-electron chi connectivity index (χ4n) is 1.46. The molecule has 4 heteroatoms. The molecular formula is C16H26BrNO2. The Bertz CT molecular complexity index is 396. The van der Waals surface area contributed by atoms with Gasteiger partial charge in [0.05, 0.1) is 0 Å². The van der Waals surface area contributed by atoms with Crippen molar-refractivity contribution >= 4 is 22.0 Å². The highest BCUT2D eigenvalue weighted by Gasteiger charge is 2.16. The van der Waals surface area contributed by atoms with E-state index in [0.29, 0.717) is 6.54 Å². The Morgan fingerprint density at radius 1 is 1.25 bits per heavy atom. The summed E-state index contributed by atoms with van der Waals surface area (Å²) in [5.74, 6) is 0.255. The van der Waals surface area contributed by atoms with E-state index in [9.17, 15) is 4.79 Å². The van der Waals surface area contributed by atoms with E-state index in [2.05, 4.69) is 28.2 Å². The average molecular weight is 344 g/mol. The zero-order valence-corrected chi connectivity index (χ0v) is 14.9. The van der Waals surface area contributed by atoms with E-state index in [-0.39, 0.29) is 12.0 Å². The SMILES string of the molecule is CC.CC(CNC(=O)OC(C)(C)C)c1ccc(Br)cc1. The molecule has 1 amide bonds. The maximum absolute atomic E-state index is 11.5. The van der Waals surface area contributed by atoms with Gasteiger partial charge in [-0.1, -0.05) is 48.8 Å². The summed E-state index contributed by atoms with van der Waals surface area (Å²) in [7, 11) is 0. The lowest BCUT2D eigenvalue weighted by atomic mass is 10.0. The molecule has 1 unspecified atom stereocenters. The normalized spacial score (nSPS) is 11.9. The molecule has 0 saturated carbocycles. The second-order valence-corrected chi connectivity index (χ2v) is 6.25. The van der Waals surface area contributed by atoms with Crippen LogP contribution in [0, 0.1) is 0 Å². The number of amides is 1. The van der Waals surface area contributed by atoms with E-state index in [1.165, 1.54) is 5.56 Å². The predicted molar refractivity (Wildman–Crippen MR) is 88.1 cm³/mol. The first-order valence-electron chi connectivity index (χ1n) is 7.00. The van der Waals surface area contributed by atoms with Gasteiger partial charge in [0.25, 0.3) is 0 Å². The molecule has 0 aliphatic rings. The summed E-state index contributed by atoms with van der Waals surface area (Å²) in [6.07, 6.45) is -0.369.